The van der Waals surface area contributed by atoms with Gasteiger partial charge in [0, 0.05) is 31.1 Å². The topological polar surface area (TPSA) is 54.9 Å². The third-order valence-electron chi connectivity index (χ3n) is 4.33. The van der Waals surface area contributed by atoms with E-state index in [0.29, 0.717) is 6.61 Å². The number of ether oxygens (including phenoxy) is 2. The number of benzene rings is 1. The molecule has 1 fully saturated rings. The summed E-state index contributed by atoms with van der Waals surface area (Å²) in [6.07, 6.45) is 5.26. The van der Waals surface area contributed by atoms with Crippen molar-refractivity contribution in [3.63, 3.8) is 0 Å². The molecule has 2 N–H and O–H groups in total. The highest BCUT2D eigenvalue weighted by molar-refractivity contribution is 14.0. The van der Waals surface area contributed by atoms with E-state index < -0.39 is 0 Å². The number of hydrogen-bond acceptors (Lipinski definition) is 4. The van der Waals surface area contributed by atoms with Crippen LogP contribution in [0.25, 0.3) is 0 Å². The van der Waals surface area contributed by atoms with Gasteiger partial charge in [-0.15, -0.1) is 24.0 Å². The molecule has 5 nitrogen and oxygen atoms in total. The fraction of sp³-hybridized carbons (Fsp3) is 0.632. The first-order chi connectivity index (χ1) is 12.3. The Morgan fingerprint density at radius 1 is 1.23 bits per heavy atom. The van der Waals surface area contributed by atoms with Crippen molar-refractivity contribution in [3.05, 3.63) is 30.3 Å². The first-order valence-electron chi connectivity index (χ1n) is 9.11. The van der Waals surface area contributed by atoms with Crippen LogP contribution >= 0.6 is 35.7 Å². The third kappa shape index (κ3) is 8.35. The first kappa shape index (κ1) is 23.4. The Hall–Kier alpha value is -0.670. The van der Waals surface area contributed by atoms with Gasteiger partial charge in [0.05, 0.1) is 13.2 Å². The maximum Gasteiger partial charge on any atom is 0.191 e. The van der Waals surface area contributed by atoms with Crippen molar-refractivity contribution in [3.8, 4) is 5.75 Å². The van der Waals surface area contributed by atoms with Gasteiger partial charge in [0.1, 0.15) is 5.75 Å². The monoisotopic (exact) mass is 493 g/mol. The highest BCUT2D eigenvalue weighted by Gasteiger charge is 2.31. The molecular formula is C19H32IN3O2S. The van der Waals surface area contributed by atoms with Gasteiger partial charge in [0.15, 0.2) is 5.96 Å². The molecule has 1 aromatic rings. The number of hydrogen-bond donors (Lipinski definition) is 2. The molecule has 2 rings (SSSR count). The number of nitrogens with zero attached hydrogens (tertiary/aromatic N) is 1. The van der Waals surface area contributed by atoms with Crippen LogP contribution in [0.2, 0.25) is 0 Å². The van der Waals surface area contributed by atoms with Gasteiger partial charge in [0.25, 0.3) is 0 Å². The van der Waals surface area contributed by atoms with E-state index in [1.165, 1.54) is 0 Å². The van der Waals surface area contributed by atoms with E-state index in [9.17, 15) is 0 Å². The first-order valence-corrected chi connectivity index (χ1v) is 10.3. The van der Waals surface area contributed by atoms with E-state index in [-0.39, 0.29) is 28.7 Å². The number of rotatable bonds is 9. The van der Waals surface area contributed by atoms with Gasteiger partial charge < -0.3 is 20.1 Å². The summed E-state index contributed by atoms with van der Waals surface area (Å²) in [5.41, 5.74) is 0. The lowest BCUT2D eigenvalue weighted by Crippen LogP contribution is -2.41. The van der Waals surface area contributed by atoms with Gasteiger partial charge in [-0.25, -0.2) is 0 Å². The van der Waals surface area contributed by atoms with Gasteiger partial charge in [-0.05, 0) is 44.6 Å². The molecule has 1 heterocycles. The molecule has 0 atom stereocenters. The summed E-state index contributed by atoms with van der Waals surface area (Å²) in [5, 5.41) is 6.74. The Kier molecular flexibility index (Phi) is 12.1. The van der Waals surface area contributed by atoms with E-state index in [2.05, 4.69) is 23.8 Å². The number of halogens is 1. The van der Waals surface area contributed by atoms with Crippen molar-refractivity contribution in [1.82, 2.24) is 10.6 Å². The number of guanidine groups is 1. The van der Waals surface area contributed by atoms with Crippen molar-refractivity contribution in [2.24, 2.45) is 4.99 Å². The Labute approximate surface area is 179 Å². The second-order valence-corrected chi connectivity index (χ2v) is 7.41. The SMILES string of the molecule is CCNC(=NCC1(SC)CCOCC1)NCCCOc1ccccc1.I. The molecule has 0 unspecified atom stereocenters. The van der Waals surface area contributed by atoms with Crippen LogP contribution in [0.5, 0.6) is 5.75 Å². The van der Waals surface area contributed by atoms with Crippen LogP contribution in [-0.4, -0.2) is 56.4 Å². The van der Waals surface area contributed by atoms with E-state index >= 15 is 0 Å². The van der Waals surface area contributed by atoms with Crippen molar-refractivity contribution in [2.75, 3.05) is 45.7 Å². The van der Waals surface area contributed by atoms with Crippen LogP contribution in [0.3, 0.4) is 0 Å². The Balaban J connectivity index is 0.00000338. The van der Waals surface area contributed by atoms with Crippen LogP contribution in [0.1, 0.15) is 26.2 Å². The number of nitrogens with one attached hydrogen (secondary N) is 2. The maximum atomic E-state index is 5.72. The normalized spacial score (nSPS) is 16.5. The molecular weight excluding hydrogens is 461 g/mol. The van der Waals surface area contributed by atoms with Gasteiger partial charge >= 0.3 is 0 Å². The lowest BCUT2D eigenvalue weighted by molar-refractivity contribution is 0.0794. The second-order valence-electron chi connectivity index (χ2n) is 6.14. The van der Waals surface area contributed by atoms with Gasteiger partial charge in [0.2, 0.25) is 0 Å². The fourth-order valence-corrected chi connectivity index (χ4v) is 3.49. The summed E-state index contributed by atoms with van der Waals surface area (Å²) in [5.74, 6) is 1.81. The molecule has 0 bridgehead atoms. The molecule has 7 heteroatoms. The summed E-state index contributed by atoms with van der Waals surface area (Å²) in [6.45, 7) is 7.01. The third-order valence-corrected chi connectivity index (χ3v) is 5.74. The standard InChI is InChI=1S/C19H31N3O2S.HI/c1-3-20-18(22-16-19(25-2)10-14-23-15-11-19)21-12-7-13-24-17-8-5-4-6-9-17;/h4-6,8-9H,3,7,10-16H2,1-2H3,(H2,20,21,22);1H. The summed E-state index contributed by atoms with van der Waals surface area (Å²) in [4.78, 5) is 4.81. The lowest BCUT2D eigenvalue weighted by Gasteiger charge is -2.34. The van der Waals surface area contributed by atoms with E-state index in [1.54, 1.807) is 0 Å². The zero-order valence-electron chi connectivity index (χ0n) is 15.8. The number of thioether (sulfide) groups is 1. The molecule has 0 aliphatic carbocycles. The molecule has 1 saturated heterocycles. The van der Waals surface area contributed by atoms with Gasteiger partial charge in [-0.3, -0.25) is 4.99 Å². The summed E-state index contributed by atoms with van der Waals surface area (Å²) in [7, 11) is 0. The molecule has 1 aliphatic rings. The van der Waals surface area contributed by atoms with Crippen molar-refractivity contribution < 1.29 is 9.47 Å². The van der Waals surface area contributed by atoms with Crippen LogP contribution in [0.15, 0.2) is 35.3 Å². The predicted octanol–water partition coefficient (Wildman–Crippen LogP) is 3.54. The fourth-order valence-electron chi connectivity index (χ4n) is 2.72. The highest BCUT2D eigenvalue weighted by atomic mass is 127. The largest absolute Gasteiger partial charge is 0.494 e. The highest BCUT2D eigenvalue weighted by Crippen LogP contribution is 2.33. The average molecular weight is 493 g/mol. The molecule has 26 heavy (non-hydrogen) atoms. The van der Waals surface area contributed by atoms with Gasteiger partial charge in [-0.2, -0.15) is 11.8 Å². The minimum absolute atomic E-state index is 0. The average Bonchev–Trinajstić information content (AvgIpc) is 2.67. The molecule has 1 aliphatic heterocycles. The summed E-state index contributed by atoms with van der Waals surface area (Å²) in [6, 6.07) is 9.93. The molecule has 0 amide bonds. The Bertz CT molecular complexity index is 511. The number of aliphatic imine (C=N–C) groups is 1. The minimum atomic E-state index is 0. The molecule has 0 spiro atoms. The summed E-state index contributed by atoms with van der Waals surface area (Å²) < 4.78 is 11.4. The second kappa shape index (κ2) is 13.5. The minimum Gasteiger partial charge on any atom is -0.494 e. The van der Waals surface area contributed by atoms with E-state index in [4.69, 9.17) is 14.5 Å². The number of para-hydroxylation sites is 1. The lowest BCUT2D eigenvalue weighted by atomic mass is 9.99. The van der Waals surface area contributed by atoms with Gasteiger partial charge in [-0.1, -0.05) is 18.2 Å². The van der Waals surface area contributed by atoms with Crippen LogP contribution in [-0.2, 0) is 4.74 Å². The summed E-state index contributed by atoms with van der Waals surface area (Å²) >= 11 is 1.92. The zero-order chi connectivity index (χ0) is 17.8. The molecule has 0 aromatic heterocycles. The molecule has 1 aromatic carbocycles. The Morgan fingerprint density at radius 3 is 2.62 bits per heavy atom. The van der Waals surface area contributed by atoms with E-state index in [0.717, 1.165) is 63.8 Å². The molecule has 0 saturated carbocycles. The maximum absolute atomic E-state index is 5.72. The van der Waals surface area contributed by atoms with Crippen molar-refractivity contribution in [2.45, 2.75) is 30.9 Å². The molecule has 0 radical (unpaired) electrons. The van der Waals surface area contributed by atoms with Crippen molar-refractivity contribution in [1.29, 1.82) is 0 Å². The van der Waals surface area contributed by atoms with Crippen LogP contribution < -0.4 is 15.4 Å². The smallest absolute Gasteiger partial charge is 0.191 e. The van der Waals surface area contributed by atoms with Crippen LogP contribution in [0, 0.1) is 0 Å². The van der Waals surface area contributed by atoms with Crippen molar-refractivity contribution >= 4 is 41.7 Å². The predicted molar refractivity (Wildman–Crippen MR) is 122 cm³/mol. The zero-order valence-corrected chi connectivity index (χ0v) is 19.0. The van der Waals surface area contributed by atoms with Crippen LogP contribution in [0.4, 0.5) is 0 Å². The molecule has 148 valence electrons. The van der Waals surface area contributed by atoms with E-state index in [1.807, 2.05) is 42.1 Å². The Morgan fingerprint density at radius 2 is 1.96 bits per heavy atom. The quantitative estimate of drug-likeness (QED) is 0.239.